The van der Waals surface area contributed by atoms with E-state index in [4.69, 9.17) is 9.47 Å². The van der Waals surface area contributed by atoms with Crippen LogP contribution in [0, 0.1) is 0 Å². The van der Waals surface area contributed by atoms with Gasteiger partial charge in [-0.05, 0) is 17.3 Å². The second-order valence-corrected chi connectivity index (χ2v) is 6.55. The fraction of sp³-hybridized carbons (Fsp3) is 0.222. The smallest absolute Gasteiger partial charge is 0.253 e. The zero-order valence-electron chi connectivity index (χ0n) is 13.0. The minimum absolute atomic E-state index is 0.559. The zero-order valence-corrected chi connectivity index (χ0v) is 13.8. The van der Waals surface area contributed by atoms with Gasteiger partial charge in [-0.2, -0.15) is 0 Å². The molecule has 4 rings (SSSR count). The highest BCUT2D eigenvalue weighted by molar-refractivity contribution is 7.99. The van der Waals surface area contributed by atoms with Crippen molar-refractivity contribution in [2.45, 2.75) is 16.7 Å². The number of aromatic nitrogens is 3. The summed E-state index contributed by atoms with van der Waals surface area (Å²) >= 11 is 1.39. The summed E-state index contributed by atoms with van der Waals surface area (Å²) < 4.78 is 11.8. The third-order valence-corrected chi connectivity index (χ3v) is 4.85. The summed E-state index contributed by atoms with van der Waals surface area (Å²) in [5, 5.41) is 7.07. The molecule has 24 heavy (non-hydrogen) atoms. The molecule has 1 aliphatic heterocycles. The van der Waals surface area contributed by atoms with Crippen LogP contribution >= 0.6 is 11.8 Å². The summed E-state index contributed by atoms with van der Waals surface area (Å²) in [6, 6.07) is 20.1. The van der Waals surface area contributed by atoms with Crippen molar-refractivity contribution in [1.82, 2.24) is 15.2 Å². The number of rotatable bonds is 5. The van der Waals surface area contributed by atoms with Crippen molar-refractivity contribution < 1.29 is 9.47 Å². The van der Waals surface area contributed by atoms with Crippen LogP contribution in [-0.4, -0.2) is 28.4 Å². The molecule has 0 amide bonds. The van der Waals surface area contributed by atoms with E-state index in [1.807, 2.05) is 48.5 Å². The van der Waals surface area contributed by atoms with Gasteiger partial charge in [0.05, 0.1) is 13.2 Å². The molecule has 1 saturated heterocycles. The summed E-state index contributed by atoms with van der Waals surface area (Å²) in [4.78, 5) is 4.58. The summed E-state index contributed by atoms with van der Waals surface area (Å²) in [6.45, 7) is 1.12. The maximum absolute atomic E-state index is 5.90. The maximum Gasteiger partial charge on any atom is 0.253 e. The SMILES string of the molecule is c1ccc(Cc2nc(SC3(c4ccccc4)OCCO3)n[nH]2)cc1. The number of benzene rings is 2. The molecule has 0 unspecified atom stereocenters. The van der Waals surface area contributed by atoms with E-state index in [1.165, 1.54) is 17.3 Å². The molecule has 1 aliphatic rings. The molecule has 0 bridgehead atoms. The molecule has 122 valence electrons. The normalized spacial score (nSPS) is 16.3. The first-order chi connectivity index (χ1) is 11.8. The molecule has 1 N–H and O–H groups in total. The van der Waals surface area contributed by atoms with Gasteiger partial charge in [-0.1, -0.05) is 60.7 Å². The van der Waals surface area contributed by atoms with E-state index in [1.54, 1.807) is 0 Å². The summed E-state index contributed by atoms with van der Waals surface area (Å²) in [6.07, 6.45) is 0.717. The lowest BCUT2D eigenvalue weighted by atomic mass is 10.1. The number of H-pyrrole nitrogens is 1. The van der Waals surface area contributed by atoms with E-state index in [0.717, 1.165) is 11.4 Å². The zero-order chi connectivity index (χ0) is 16.2. The first kappa shape index (κ1) is 15.4. The van der Waals surface area contributed by atoms with Gasteiger partial charge in [-0.25, -0.2) is 4.98 Å². The lowest BCUT2D eigenvalue weighted by molar-refractivity contribution is -0.0817. The quantitative estimate of drug-likeness (QED) is 0.772. The Hall–Kier alpha value is -2.15. The molecule has 6 heteroatoms. The van der Waals surface area contributed by atoms with Gasteiger partial charge in [-0.15, -0.1) is 5.10 Å². The van der Waals surface area contributed by atoms with E-state index < -0.39 is 5.12 Å². The molecule has 0 atom stereocenters. The van der Waals surface area contributed by atoms with Crippen molar-refractivity contribution in [2.24, 2.45) is 0 Å². The Morgan fingerprint density at radius 1 is 0.958 bits per heavy atom. The van der Waals surface area contributed by atoms with Crippen LogP contribution in [0.1, 0.15) is 17.0 Å². The monoisotopic (exact) mass is 339 g/mol. The molecule has 0 aliphatic carbocycles. The van der Waals surface area contributed by atoms with Gasteiger partial charge in [0.1, 0.15) is 5.82 Å². The molecule has 2 heterocycles. The van der Waals surface area contributed by atoms with Crippen molar-refractivity contribution in [2.75, 3.05) is 13.2 Å². The van der Waals surface area contributed by atoms with E-state index in [-0.39, 0.29) is 0 Å². The van der Waals surface area contributed by atoms with Crippen LogP contribution in [0.5, 0.6) is 0 Å². The second-order valence-electron chi connectivity index (χ2n) is 5.45. The third kappa shape index (κ3) is 3.21. The Labute approximate surface area is 144 Å². The van der Waals surface area contributed by atoms with Gasteiger partial charge in [-0.3, -0.25) is 5.10 Å². The fourth-order valence-electron chi connectivity index (χ4n) is 2.63. The van der Waals surface area contributed by atoms with E-state index in [0.29, 0.717) is 24.8 Å². The Bertz CT molecular complexity index is 786. The molecule has 1 fully saturated rings. The molecule has 1 aromatic heterocycles. The van der Waals surface area contributed by atoms with Gasteiger partial charge in [0.2, 0.25) is 5.16 Å². The average Bonchev–Trinajstić information content (AvgIpc) is 3.27. The first-order valence-corrected chi connectivity index (χ1v) is 8.63. The molecular weight excluding hydrogens is 322 g/mol. The van der Waals surface area contributed by atoms with Crippen molar-refractivity contribution in [3.8, 4) is 0 Å². The number of thioether (sulfide) groups is 1. The van der Waals surface area contributed by atoms with Crippen LogP contribution in [0.3, 0.4) is 0 Å². The van der Waals surface area contributed by atoms with Gasteiger partial charge in [0.25, 0.3) is 5.12 Å². The topological polar surface area (TPSA) is 60.0 Å². The summed E-state index contributed by atoms with van der Waals surface area (Å²) in [7, 11) is 0. The second kappa shape index (κ2) is 6.76. The minimum atomic E-state index is -0.868. The van der Waals surface area contributed by atoms with Gasteiger partial charge in [0.15, 0.2) is 0 Å². The summed E-state index contributed by atoms with van der Waals surface area (Å²) in [5.41, 5.74) is 2.15. The average molecular weight is 339 g/mol. The third-order valence-electron chi connectivity index (χ3n) is 3.75. The molecule has 0 spiro atoms. The number of ether oxygens (including phenoxy) is 2. The van der Waals surface area contributed by atoms with Crippen molar-refractivity contribution in [1.29, 1.82) is 0 Å². The Kier molecular flexibility index (Phi) is 4.34. The maximum atomic E-state index is 5.90. The van der Waals surface area contributed by atoms with Crippen LogP contribution in [0.2, 0.25) is 0 Å². The molecule has 0 saturated carbocycles. The van der Waals surface area contributed by atoms with Crippen LogP contribution in [0.25, 0.3) is 0 Å². The molecule has 5 nitrogen and oxygen atoms in total. The van der Waals surface area contributed by atoms with Crippen molar-refractivity contribution >= 4 is 11.8 Å². The predicted octanol–water partition coefficient (Wildman–Crippen LogP) is 3.34. The molecular formula is C18H17N3O2S. The number of hydrogen-bond acceptors (Lipinski definition) is 5. The first-order valence-electron chi connectivity index (χ1n) is 7.82. The lowest BCUT2D eigenvalue weighted by Gasteiger charge is -2.25. The Morgan fingerprint density at radius 2 is 1.62 bits per heavy atom. The van der Waals surface area contributed by atoms with Gasteiger partial charge < -0.3 is 9.47 Å². The number of hydrogen-bond donors (Lipinski definition) is 1. The Morgan fingerprint density at radius 3 is 2.33 bits per heavy atom. The van der Waals surface area contributed by atoms with Gasteiger partial charge in [0, 0.05) is 12.0 Å². The van der Waals surface area contributed by atoms with Crippen LogP contribution in [-0.2, 0) is 21.0 Å². The number of aromatic amines is 1. The molecule has 0 radical (unpaired) electrons. The van der Waals surface area contributed by atoms with Gasteiger partial charge >= 0.3 is 0 Å². The highest BCUT2D eigenvalue weighted by Gasteiger charge is 2.41. The van der Waals surface area contributed by atoms with E-state index >= 15 is 0 Å². The number of nitrogens with zero attached hydrogens (tertiary/aromatic N) is 2. The highest BCUT2D eigenvalue weighted by Crippen LogP contribution is 2.44. The lowest BCUT2D eigenvalue weighted by Crippen LogP contribution is -2.22. The van der Waals surface area contributed by atoms with Crippen molar-refractivity contribution in [3.05, 3.63) is 77.6 Å². The van der Waals surface area contributed by atoms with Crippen LogP contribution in [0.15, 0.2) is 65.8 Å². The standard InChI is InChI=1S/C18H17N3O2S/c1-3-7-14(8-4-1)13-16-19-17(21-20-16)24-18(22-11-12-23-18)15-9-5-2-6-10-15/h1-10H,11-13H2,(H,19,20,21). The highest BCUT2D eigenvalue weighted by atomic mass is 32.2. The molecule has 2 aromatic carbocycles. The fourth-order valence-corrected chi connectivity index (χ4v) is 3.66. The van der Waals surface area contributed by atoms with Crippen molar-refractivity contribution in [3.63, 3.8) is 0 Å². The Balaban J connectivity index is 1.54. The molecule has 3 aromatic rings. The van der Waals surface area contributed by atoms with E-state index in [9.17, 15) is 0 Å². The largest absolute Gasteiger partial charge is 0.335 e. The predicted molar refractivity (Wildman–Crippen MR) is 91.5 cm³/mol. The van der Waals surface area contributed by atoms with Crippen LogP contribution in [0.4, 0.5) is 0 Å². The number of nitrogens with one attached hydrogen (secondary N) is 1. The van der Waals surface area contributed by atoms with E-state index in [2.05, 4.69) is 27.3 Å². The van der Waals surface area contributed by atoms with Crippen LogP contribution < -0.4 is 0 Å². The summed E-state index contributed by atoms with van der Waals surface area (Å²) in [5.74, 6) is 0.824. The minimum Gasteiger partial charge on any atom is -0.335 e.